The van der Waals surface area contributed by atoms with Gasteiger partial charge >= 0.3 is 16.5 Å². The Balaban J connectivity index is 2.93. The van der Waals surface area contributed by atoms with E-state index in [9.17, 15) is 14.2 Å². The summed E-state index contributed by atoms with van der Waals surface area (Å²) in [6.07, 6.45) is 0. The first-order valence-corrected chi connectivity index (χ1v) is 9.15. The number of benzene rings is 1. The molecule has 0 radical (unpaired) electrons. The van der Waals surface area contributed by atoms with Crippen molar-refractivity contribution in [2.45, 2.75) is 18.4 Å². The van der Waals surface area contributed by atoms with E-state index in [0.717, 1.165) is 5.56 Å². The van der Waals surface area contributed by atoms with Crippen molar-refractivity contribution < 1.29 is 32.3 Å². The summed E-state index contributed by atoms with van der Waals surface area (Å²) in [6, 6.07) is 6.84. The quantitative estimate of drug-likeness (QED) is 0.613. The first-order chi connectivity index (χ1) is 10.8. The van der Waals surface area contributed by atoms with Crippen LogP contribution in [-0.4, -0.2) is 38.1 Å². The van der Waals surface area contributed by atoms with E-state index in [1.807, 2.05) is 0 Å². The van der Waals surface area contributed by atoms with Crippen LogP contribution in [0, 0.1) is 0 Å². The Kier molecular flexibility index (Phi) is 8.69. The summed E-state index contributed by atoms with van der Waals surface area (Å²) >= 11 is 5.85. The zero-order valence-corrected chi connectivity index (χ0v) is 15.5. The average molecular weight is 385 g/mol. The lowest BCUT2D eigenvalue weighted by Crippen LogP contribution is -2.43. The number of hydrogen-bond acceptors (Lipinski definition) is 7. The molecule has 1 aromatic rings. The van der Waals surface area contributed by atoms with Crippen LogP contribution in [0.3, 0.4) is 0 Å². The van der Waals surface area contributed by atoms with Gasteiger partial charge in [0, 0.05) is 20.1 Å². The van der Waals surface area contributed by atoms with Crippen LogP contribution >= 0.6 is 28.1 Å². The summed E-state index contributed by atoms with van der Waals surface area (Å²) in [5.74, 6) is -0.486. The standard InChI is InChI=1S/C13H19ClO7P2/c1-10(11-4-6-12(14)7-5-11)13(15,8-20-22(16)18-2)9-21-23(17)19-3/h4-7,10,15H,8-9H2,1-3H3/q+2. The van der Waals surface area contributed by atoms with E-state index < -0.39 is 28.0 Å². The van der Waals surface area contributed by atoms with Crippen molar-refractivity contribution in [1.82, 2.24) is 0 Å². The fourth-order valence-electron chi connectivity index (χ4n) is 1.79. The van der Waals surface area contributed by atoms with Crippen LogP contribution in [0.2, 0.25) is 5.02 Å². The summed E-state index contributed by atoms with van der Waals surface area (Å²) in [5.41, 5.74) is -0.842. The zero-order valence-electron chi connectivity index (χ0n) is 13.0. The summed E-state index contributed by atoms with van der Waals surface area (Å²) < 4.78 is 41.6. The van der Waals surface area contributed by atoms with E-state index in [1.165, 1.54) is 14.2 Å². The molecule has 0 aliphatic heterocycles. The van der Waals surface area contributed by atoms with Gasteiger partial charge in [0.1, 0.15) is 18.8 Å². The maximum absolute atomic E-state index is 11.3. The summed E-state index contributed by atoms with van der Waals surface area (Å²) in [7, 11) is -2.28. The number of aliphatic hydroxyl groups is 1. The lowest BCUT2D eigenvalue weighted by molar-refractivity contribution is -0.0581. The van der Waals surface area contributed by atoms with Crippen molar-refractivity contribution >= 4 is 28.1 Å². The van der Waals surface area contributed by atoms with E-state index in [4.69, 9.17) is 20.6 Å². The molecule has 0 saturated carbocycles. The van der Waals surface area contributed by atoms with Crippen molar-refractivity contribution in [2.24, 2.45) is 0 Å². The SMILES string of the molecule is CO[P+](=O)OCC(O)(CO[P+](=O)OC)C(C)c1ccc(Cl)cc1. The van der Waals surface area contributed by atoms with Gasteiger partial charge in [0.2, 0.25) is 0 Å². The van der Waals surface area contributed by atoms with E-state index >= 15 is 0 Å². The van der Waals surface area contributed by atoms with Crippen LogP contribution in [0.4, 0.5) is 0 Å². The zero-order chi connectivity index (χ0) is 17.5. The normalized spacial score (nSPS) is 16.6. The molecular formula is C13H19ClO7P2+2. The van der Waals surface area contributed by atoms with Gasteiger partial charge in [0.15, 0.2) is 0 Å². The molecule has 3 unspecified atom stereocenters. The lowest BCUT2D eigenvalue weighted by Gasteiger charge is -2.30. The average Bonchev–Trinajstić information content (AvgIpc) is 2.57. The molecule has 0 spiro atoms. The predicted octanol–water partition coefficient (Wildman–Crippen LogP) is 3.82. The topological polar surface area (TPSA) is 91.3 Å². The molecule has 23 heavy (non-hydrogen) atoms. The molecule has 0 saturated heterocycles. The molecule has 0 heterocycles. The second-order valence-corrected chi connectivity index (χ2v) is 7.31. The molecule has 0 fully saturated rings. The maximum atomic E-state index is 11.3. The molecule has 0 bridgehead atoms. The number of halogens is 1. The fourth-order valence-corrected chi connectivity index (χ4v) is 2.78. The van der Waals surface area contributed by atoms with Crippen molar-refractivity contribution in [3.05, 3.63) is 34.9 Å². The minimum Gasteiger partial charge on any atom is -0.384 e. The van der Waals surface area contributed by atoms with Gasteiger partial charge in [0.25, 0.3) is 0 Å². The monoisotopic (exact) mass is 384 g/mol. The Labute approximate surface area is 141 Å². The van der Waals surface area contributed by atoms with Crippen LogP contribution in [0.1, 0.15) is 18.4 Å². The third kappa shape index (κ3) is 6.49. The third-order valence-electron chi connectivity index (χ3n) is 3.31. The van der Waals surface area contributed by atoms with Crippen molar-refractivity contribution in [3.63, 3.8) is 0 Å². The fraction of sp³-hybridized carbons (Fsp3) is 0.538. The van der Waals surface area contributed by atoms with Crippen molar-refractivity contribution in [1.29, 1.82) is 0 Å². The van der Waals surface area contributed by atoms with Gasteiger partial charge < -0.3 is 5.11 Å². The lowest BCUT2D eigenvalue weighted by atomic mass is 9.84. The van der Waals surface area contributed by atoms with Crippen molar-refractivity contribution in [3.8, 4) is 0 Å². The Morgan fingerprint density at radius 1 is 1.09 bits per heavy atom. The predicted molar refractivity (Wildman–Crippen MR) is 86.0 cm³/mol. The second kappa shape index (κ2) is 9.72. The summed E-state index contributed by atoms with van der Waals surface area (Å²) in [4.78, 5) is 0. The highest BCUT2D eigenvalue weighted by Crippen LogP contribution is 2.35. The summed E-state index contributed by atoms with van der Waals surface area (Å²) in [6.45, 7) is 1.05. The third-order valence-corrected chi connectivity index (χ3v) is 4.84. The molecule has 1 aromatic carbocycles. The minimum atomic E-state index is -2.36. The van der Waals surface area contributed by atoms with Crippen LogP contribution in [0.25, 0.3) is 0 Å². The van der Waals surface area contributed by atoms with E-state index in [0.29, 0.717) is 5.02 Å². The van der Waals surface area contributed by atoms with Gasteiger partial charge in [-0.05, 0) is 17.7 Å². The van der Waals surface area contributed by atoms with Gasteiger partial charge in [-0.3, -0.25) is 0 Å². The van der Waals surface area contributed by atoms with Crippen LogP contribution in [0.15, 0.2) is 24.3 Å². The summed E-state index contributed by atoms with van der Waals surface area (Å²) in [5, 5.41) is 11.4. The molecule has 1 N–H and O–H groups in total. The second-order valence-electron chi connectivity index (χ2n) is 4.74. The Bertz CT molecular complexity index is 518. The van der Waals surface area contributed by atoms with Crippen LogP contribution in [-0.2, 0) is 27.2 Å². The molecule has 0 aliphatic carbocycles. The highest BCUT2D eigenvalue weighted by atomic mass is 35.5. The maximum Gasteiger partial charge on any atom is 0.697 e. The molecule has 3 atom stereocenters. The smallest absolute Gasteiger partial charge is 0.384 e. The Morgan fingerprint density at radius 3 is 1.91 bits per heavy atom. The van der Waals surface area contributed by atoms with Gasteiger partial charge in [-0.25, -0.2) is 0 Å². The number of rotatable bonds is 10. The highest BCUT2D eigenvalue weighted by Gasteiger charge is 2.42. The molecule has 0 aromatic heterocycles. The molecule has 10 heteroatoms. The number of hydrogen-bond donors (Lipinski definition) is 1. The van der Waals surface area contributed by atoms with E-state index in [-0.39, 0.29) is 13.2 Å². The van der Waals surface area contributed by atoms with Gasteiger partial charge in [-0.1, -0.05) is 30.7 Å². The Hall–Kier alpha value is -0.490. The molecule has 7 nitrogen and oxygen atoms in total. The van der Waals surface area contributed by atoms with Crippen LogP contribution in [0.5, 0.6) is 0 Å². The highest BCUT2D eigenvalue weighted by molar-refractivity contribution is 7.33. The molecule has 0 aliphatic rings. The van der Waals surface area contributed by atoms with Crippen molar-refractivity contribution in [2.75, 3.05) is 27.4 Å². The van der Waals surface area contributed by atoms with E-state index in [1.54, 1.807) is 31.2 Å². The first-order valence-electron chi connectivity index (χ1n) is 6.59. The molecular weight excluding hydrogens is 366 g/mol. The Morgan fingerprint density at radius 2 is 1.52 bits per heavy atom. The van der Waals surface area contributed by atoms with E-state index in [2.05, 4.69) is 9.05 Å². The first kappa shape index (κ1) is 20.6. The van der Waals surface area contributed by atoms with Gasteiger partial charge in [-0.2, -0.15) is 0 Å². The minimum absolute atomic E-state index is 0.341. The largest absolute Gasteiger partial charge is 0.697 e. The molecule has 1 rings (SSSR count). The van der Waals surface area contributed by atoms with Gasteiger partial charge in [0.05, 0.1) is 14.2 Å². The van der Waals surface area contributed by atoms with Crippen LogP contribution < -0.4 is 0 Å². The molecule has 0 amide bonds. The van der Waals surface area contributed by atoms with Gasteiger partial charge in [-0.15, -0.1) is 18.1 Å². The molecule has 128 valence electrons.